The molecule has 6 heteroatoms. The predicted molar refractivity (Wildman–Crippen MR) is 62.3 cm³/mol. The van der Waals surface area contributed by atoms with Crippen molar-refractivity contribution in [1.82, 2.24) is 4.98 Å². The quantitative estimate of drug-likeness (QED) is 0.819. The molecule has 1 unspecified atom stereocenters. The second-order valence-corrected chi connectivity index (χ2v) is 6.36. The van der Waals surface area contributed by atoms with E-state index >= 15 is 0 Å². The molecule has 88 valence electrons. The molecule has 1 heterocycles. The van der Waals surface area contributed by atoms with E-state index in [-0.39, 0.29) is 12.2 Å². The average molecular weight is 262 g/mol. The first-order valence-electron chi connectivity index (χ1n) is 4.62. The highest BCUT2D eigenvalue weighted by atomic mass is 35.5. The summed E-state index contributed by atoms with van der Waals surface area (Å²) in [6.45, 7) is 1.38. The number of pyridine rings is 1. The standard InChI is InChI=1S/C10H12ClNO3S/c1-7(16(2,14)15)10(13)5-8-3-4-12-6-9(8)11/h3-4,6-7H,5H2,1-2H3. The number of nitrogens with zero attached hydrogens (tertiary/aromatic N) is 1. The fourth-order valence-electron chi connectivity index (χ4n) is 1.12. The first kappa shape index (κ1) is 13.1. The van der Waals surface area contributed by atoms with Gasteiger partial charge in [-0.25, -0.2) is 8.42 Å². The number of hydrogen-bond donors (Lipinski definition) is 0. The van der Waals surface area contributed by atoms with Crippen LogP contribution in [0.25, 0.3) is 0 Å². The number of Topliss-reactive ketones (excluding diaryl/α,β-unsaturated/α-hetero) is 1. The number of aromatic nitrogens is 1. The summed E-state index contributed by atoms with van der Waals surface area (Å²) in [5.41, 5.74) is 0.595. The number of carbonyl (C=O) groups excluding carboxylic acids is 1. The molecule has 0 saturated heterocycles. The van der Waals surface area contributed by atoms with Crippen molar-refractivity contribution in [2.24, 2.45) is 0 Å². The van der Waals surface area contributed by atoms with Crippen LogP contribution in [0, 0.1) is 0 Å². The number of sulfone groups is 1. The average Bonchev–Trinajstić information content (AvgIpc) is 2.19. The first-order valence-corrected chi connectivity index (χ1v) is 6.95. The van der Waals surface area contributed by atoms with Crippen LogP contribution < -0.4 is 0 Å². The minimum atomic E-state index is -3.34. The number of hydrogen-bond acceptors (Lipinski definition) is 4. The van der Waals surface area contributed by atoms with Crippen molar-refractivity contribution < 1.29 is 13.2 Å². The van der Waals surface area contributed by atoms with E-state index in [9.17, 15) is 13.2 Å². The molecule has 0 amide bonds. The van der Waals surface area contributed by atoms with Gasteiger partial charge in [0.25, 0.3) is 0 Å². The monoisotopic (exact) mass is 261 g/mol. The maximum atomic E-state index is 11.7. The van der Waals surface area contributed by atoms with Crippen LogP contribution in [0.5, 0.6) is 0 Å². The number of carbonyl (C=O) groups is 1. The molecule has 0 N–H and O–H groups in total. The summed E-state index contributed by atoms with van der Waals surface area (Å²) >= 11 is 5.82. The summed E-state index contributed by atoms with van der Waals surface area (Å²) in [6, 6.07) is 1.61. The van der Waals surface area contributed by atoms with Gasteiger partial charge in [-0.3, -0.25) is 9.78 Å². The minimum Gasteiger partial charge on any atom is -0.298 e. The van der Waals surface area contributed by atoms with Crippen LogP contribution in [0.3, 0.4) is 0 Å². The Hall–Kier alpha value is -0.940. The van der Waals surface area contributed by atoms with Gasteiger partial charge in [0.1, 0.15) is 5.25 Å². The van der Waals surface area contributed by atoms with Crippen molar-refractivity contribution in [3.63, 3.8) is 0 Å². The van der Waals surface area contributed by atoms with E-state index in [1.165, 1.54) is 19.3 Å². The summed E-state index contributed by atoms with van der Waals surface area (Å²) in [5, 5.41) is -0.631. The van der Waals surface area contributed by atoms with Gasteiger partial charge in [0.05, 0.1) is 5.02 Å². The van der Waals surface area contributed by atoms with Crippen molar-refractivity contribution in [2.75, 3.05) is 6.26 Å². The van der Waals surface area contributed by atoms with E-state index in [4.69, 9.17) is 11.6 Å². The molecule has 1 aromatic rings. The van der Waals surface area contributed by atoms with Crippen molar-refractivity contribution in [2.45, 2.75) is 18.6 Å². The number of ketones is 1. The Morgan fingerprint density at radius 1 is 1.56 bits per heavy atom. The zero-order chi connectivity index (χ0) is 12.3. The molecule has 1 aromatic heterocycles. The highest BCUT2D eigenvalue weighted by Crippen LogP contribution is 2.15. The normalized spacial score (nSPS) is 13.4. The Labute approximate surface area is 99.6 Å². The van der Waals surface area contributed by atoms with Gasteiger partial charge >= 0.3 is 0 Å². The minimum absolute atomic E-state index is 0.00951. The van der Waals surface area contributed by atoms with Gasteiger partial charge in [-0.1, -0.05) is 11.6 Å². The van der Waals surface area contributed by atoms with Crippen LogP contribution in [0.15, 0.2) is 18.5 Å². The lowest BCUT2D eigenvalue weighted by atomic mass is 10.1. The van der Waals surface area contributed by atoms with Crippen LogP contribution >= 0.6 is 11.6 Å². The lowest BCUT2D eigenvalue weighted by Crippen LogP contribution is -2.27. The van der Waals surface area contributed by atoms with Crippen LogP contribution in [-0.2, 0) is 21.1 Å². The third-order valence-corrected chi connectivity index (χ3v) is 4.20. The SMILES string of the molecule is CC(C(=O)Cc1ccncc1Cl)S(C)(=O)=O. The Morgan fingerprint density at radius 3 is 2.69 bits per heavy atom. The fourth-order valence-corrected chi connectivity index (χ4v) is 1.86. The van der Waals surface area contributed by atoms with Gasteiger partial charge in [0, 0.05) is 25.1 Å². The highest BCUT2D eigenvalue weighted by Gasteiger charge is 2.23. The maximum absolute atomic E-state index is 11.7. The summed E-state index contributed by atoms with van der Waals surface area (Å²) in [7, 11) is -3.34. The van der Waals surface area contributed by atoms with E-state index in [0.29, 0.717) is 10.6 Å². The largest absolute Gasteiger partial charge is 0.298 e. The number of rotatable bonds is 4. The van der Waals surface area contributed by atoms with Crippen molar-refractivity contribution >= 4 is 27.2 Å². The molecule has 1 atom stereocenters. The first-order chi connectivity index (χ1) is 7.32. The molecule has 0 aliphatic heterocycles. The van der Waals surface area contributed by atoms with Gasteiger partial charge in [0.15, 0.2) is 15.6 Å². The molecule has 0 spiro atoms. The van der Waals surface area contributed by atoms with Gasteiger partial charge in [-0.05, 0) is 18.6 Å². The molecule has 4 nitrogen and oxygen atoms in total. The molecular formula is C10H12ClNO3S. The van der Waals surface area contributed by atoms with Gasteiger partial charge in [-0.15, -0.1) is 0 Å². The Kier molecular flexibility index (Phi) is 4.04. The smallest absolute Gasteiger partial charge is 0.157 e. The molecule has 1 rings (SSSR count). The fraction of sp³-hybridized carbons (Fsp3) is 0.400. The van der Waals surface area contributed by atoms with E-state index in [0.717, 1.165) is 6.26 Å². The lowest BCUT2D eigenvalue weighted by molar-refractivity contribution is -0.117. The van der Waals surface area contributed by atoms with Crippen LogP contribution in [0.1, 0.15) is 12.5 Å². The molecule has 0 saturated carbocycles. The molecule has 0 aromatic carbocycles. The molecule has 0 aliphatic carbocycles. The second kappa shape index (κ2) is 4.93. The van der Waals surface area contributed by atoms with E-state index in [1.54, 1.807) is 6.07 Å². The summed E-state index contributed by atoms with van der Waals surface area (Å²) < 4.78 is 22.4. The van der Waals surface area contributed by atoms with Gasteiger partial charge in [0.2, 0.25) is 0 Å². The van der Waals surface area contributed by atoms with Crippen molar-refractivity contribution in [3.05, 3.63) is 29.0 Å². The Bertz CT molecular complexity index is 499. The zero-order valence-electron chi connectivity index (χ0n) is 8.97. The Balaban J connectivity index is 2.84. The molecule has 0 aliphatic rings. The molecule has 0 radical (unpaired) electrons. The zero-order valence-corrected chi connectivity index (χ0v) is 10.5. The van der Waals surface area contributed by atoms with Crippen molar-refractivity contribution in [1.29, 1.82) is 0 Å². The highest BCUT2D eigenvalue weighted by molar-refractivity contribution is 7.92. The molecule has 16 heavy (non-hydrogen) atoms. The summed E-state index contributed by atoms with van der Waals surface area (Å²) in [5.74, 6) is -0.365. The third kappa shape index (κ3) is 3.28. The summed E-state index contributed by atoms with van der Waals surface area (Å²) in [6.07, 6.45) is 3.99. The van der Waals surface area contributed by atoms with Crippen LogP contribution in [-0.4, -0.2) is 30.7 Å². The van der Waals surface area contributed by atoms with Gasteiger partial charge in [-0.2, -0.15) is 0 Å². The molecule has 0 bridgehead atoms. The lowest BCUT2D eigenvalue weighted by Gasteiger charge is -2.08. The van der Waals surface area contributed by atoms with Crippen LogP contribution in [0.4, 0.5) is 0 Å². The van der Waals surface area contributed by atoms with Gasteiger partial charge < -0.3 is 0 Å². The van der Waals surface area contributed by atoms with E-state index < -0.39 is 15.1 Å². The number of halogens is 1. The van der Waals surface area contributed by atoms with Crippen LogP contribution in [0.2, 0.25) is 5.02 Å². The van der Waals surface area contributed by atoms with E-state index in [1.807, 2.05) is 0 Å². The maximum Gasteiger partial charge on any atom is 0.157 e. The van der Waals surface area contributed by atoms with Crippen molar-refractivity contribution in [3.8, 4) is 0 Å². The summed E-state index contributed by atoms with van der Waals surface area (Å²) in [4.78, 5) is 15.4. The molecule has 0 fully saturated rings. The molecular weight excluding hydrogens is 250 g/mol. The third-order valence-electron chi connectivity index (χ3n) is 2.32. The predicted octanol–water partition coefficient (Wildman–Crippen LogP) is 1.28. The van der Waals surface area contributed by atoms with E-state index in [2.05, 4.69) is 4.98 Å². The topological polar surface area (TPSA) is 64.1 Å². The second-order valence-electron chi connectivity index (χ2n) is 3.58. The Morgan fingerprint density at radius 2 is 2.19 bits per heavy atom.